The lowest BCUT2D eigenvalue weighted by atomic mass is 9.87. The van der Waals surface area contributed by atoms with Crippen LogP contribution in [0.25, 0.3) is 0 Å². The number of fused-ring (bicyclic) bond motifs is 1. The smallest absolute Gasteiger partial charge is 0.120 e. The van der Waals surface area contributed by atoms with Crippen LogP contribution in [0.3, 0.4) is 0 Å². The number of aryl methyl sites for hydroxylation is 1. The van der Waals surface area contributed by atoms with E-state index in [0.29, 0.717) is 12.1 Å². The van der Waals surface area contributed by atoms with E-state index < -0.39 is 0 Å². The fourth-order valence-electron chi connectivity index (χ4n) is 3.52. The molecule has 0 aliphatic heterocycles. The van der Waals surface area contributed by atoms with Crippen LogP contribution in [0.2, 0.25) is 0 Å². The summed E-state index contributed by atoms with van der Waals surface area (Å²) in [6.07, 6.45) is 9.36. The van der Waals surface area contributed by atoms with Crippen LogP contribution in [0.5, 0.6) is 5.75 Å². The molecule has 1 aromatic rings. The maximum atomic E-state index is 6.12. The number of benzene rings is 1. The summed E-state index contributed by atoms with van der Waals surface area (Å²) in [5, 5.41) is 3.59. The van der Waals surface area contributed by atoms with Crippen molar-refractivity contribution in [2.75, 3.05) is 6.54 Å². The predicted octanol–water partition coefficient (Wildman–Crippen LogP) is 3.99. The van der Waals surface area contributed by atoms with Crippen molar-refractivity contribution >= 4 is 0 Å². The first-order chi connectivity index (χ1) is 9.36. The summed E-state index contributed by atoms with van der Waals surface area (Å²) >= 11 is 0. The van der Waals surface area contributed by atoms with E-state index in [4.69, 9.17) is 4.74 Å². The van der Waals surface area contributed by atoms with Gasteiger partial charge in [-0.15, -0.1) is 0 Å². The molecule has 1 N–H and O–H groups in total. The summed E-state index contributed by atoms with van der Waals surface area (Å²) in [7, 11) is 0. The Kier molecular flexibility index (Phi) is 4.07. The summed E-state index contributed by atoms with van der Waals surface area (Å²) < 4.78 is 6.12. The van der Waals surface area contributed by atoms with Crippen LogP contribution in [0.4, 0.5) is 0 Å². The molecular weight excluding hydrogens is 234 g/mol. The minimum absolute atomic E-state index is 0.464. The van der Waals surface area contributed by atoms with Crippen LogP contribution in [0.1, 0.15) is 62.6 Å². The number of nitrogens with one attached hydrogen (secondary N) is 1. The molecule has 2 heteroatoms. The second kappa shape index (κ2) is 5.96. The van der Waals surface area contributed by atoms with E-state index in [2.05, 4.69) is 30.4 Å². The molecule has 2 nitrogen and oxygen atoms in total. The molecule has 19 heavy (non-hydrogen) atoms. The van der Waals surface area contributed by atoms with Gasteiger partial charge in [0.2, 0.25) is 0 Å². The third kappa shape index (κ3) is 2.94. The van der Waals surface area contributed by atoms with Crippen molar-refractivity contribution in [3.8, 4) is 5.75 Å². The van der Waals surface area contributed by atoms with Crippen LogP contribution in [0, 0.1) is 0 Å². The second-order valence-electron chi connectivity index (χ2n) is 5.89. The van der Waals surface area contributed by atoms with Gasteiger partial charge in [0, 0.05) is 6.04 Å². The molecule has 1 aromatic carbocycles. The second-order valence-corrected chi connectivity index (χ2v) is 5.89. The number of hydrogen-bond acceptors (Lipinski definition) is 2. The molecule has 1 fully saturated rings. The lowest BCUT2D eigenvalue weighted by molar-refractivity contribution is 0.209. The summed E-state index contributed by atoms with van der Waals surface area (Å²) in [5.41, 5.74) is 2.99. The summed E-state index contributed by atoms with van der Waals surface area (Å²) in [4.78, 5) is 0. The van der Waals surface area contributed by atoms with Crippen LogP contribution in [0.15, 0.2) is 18.2 Å². The maximum absolute atomic E-state index is 6.12. The Morgan fingerprint density at radius 3 is 2.79 bits per heavy atom. The Labute approximate surface area is 116 Å². The molecule has 0 saturated heterocycles. The highest BCUT2D eigenvalue weighted by Crippen LogP contribution is 2.33. The van der Waals surface area contributed by atoms with Crippen LogP contribution in [-0.4, -0.2) is 12.6 Å². The normalized spacial score (nSPS) is 23.3. The van der Waals surface area contributed by atoms with E-state index in [9.17, 15) is 0 Å². The SMILES string of the molecule is CCNC1CCCc2cc(OC3CCCC3)ccc21. The van der Waals surface area contributed by atoms with Gasteiger partial charge < -0.3 is 10.1 Å². The van der Waals surface area contributed by atoms with Crippen molar-refractivity contribution in [2.24, 2.45) is 0 Å². The highest BCUT2D eigenvalue weighted by atomic mass is 16.5. The standard InChI is InChI=1S/C17H25NO/c1-2-18-17-9-5-6-13-12-15(10-11-16(13)17)19-14-7-3-4-8-14/h10-12,14,17-18H,2-9H2,1H3. The zero-order valence-electron chi connectivity index (χ0n) is 12.0. The van der Waals surface area contributed by atoms with Gasteiger partial charge in [-0.25, -0.2) is 0 Å². The molecular formula is C17H25NO. The molecule has 3 rings (SSSR count). The molecule has 2 aliphatic carbocycles. The Balaban J connectivity index is 1.74. The highest BCUT2D eigenvalue weighted by molar-refractivity contribution is 5.39. The number of ether oxygens (including phenoxy) is 1. The van der Waals surface area contributed by atoms with Crippen molar-refractivity contribution < 1.29 is 4.74 Å². The van der Waals surface area contributed by atoms with Gasteiger partial charge in [0.1, 0.15) is 5.75 Å². The van der Waals surface area contributed by atoms with Crippen molar-refractivity contribution in [1.82, 2.24) is 5.32 Å². The zero-order valence-corrected chi connectivity index (χ0v) is 12.0. The van der Waals surface area contributed by atoms with Gasteiger partial charge in [0.25, 0.3) is 0 Å². The molecule has 2 aliphatic rings. The quantitative estimate of drug-likeness (QED) is 0.882. The first-order valence-corrected chi connectivity index (χ1v) is 7.89. The molecule has 0 heterocycles. The van der Waals surface area contributed by atoms with Crippen LogP contribution < -0.4 is 10.1 Å². The van der Waals surface area contributed by atoms with Gasteiger partial charge in [0.05, 0.1) is 6.10 Å². The summed E-state index contributed by atoms with van der Waals surface area (Å²) in [6, 6.07) is 7.30. The largest absolute Gasteiger partial charge is 0.490 e. The molecule has 104 valence electrons. The predicted molar refractivity (Wildman–Crippen MR) is 78.7 cm³/mol. The van der Waals surface area contributed by atoms with Gasteiger partial charge >= 0.3 is 0 Å². The van der Waals surface area contributed by atoms with E-state index in [-0.39, 0.29) is 0 Å². The van der Waals surface area contributed by atoms with Crippen molar-refractivity contribution in [1.29, 1.82) is 0 Å². The van der Waals surface area contributed by atoms with Gasteiger partial charge in [-0.3, -0.25) is 0 Å². The van der Waals surface area contributed by atoms with Crippen molar-refractivity contribution in [3.05, 3.63) is 29.3 Å². The first-order valence-electron chi connectivity index (χ1n) is 7.89. The van der Waals surface area contributed by atoms with E-state index >= 15 is 0 Å². The topological polar surface area (TPSA) is 21.3 Å². The van der Waals surface area contributed by atoms with Crippen LogP contribution in [-0.2, 0) is 6.42 Å². The molecule has 1 unspecified atom stereocenters. The van der Waals surface area contributed by atoms with Crippen molar-refractivity contribution in [3.63, 3.8) is 0 Å². The minimum atomic E-state index is 0.464. The lowest BCUT2D eigenvalue weighted by Gasteiger charge is -2.27. The highest BCUT2D eigenvalue weighted by Gasteiger charge is 2.21. The lowest BCUT2D eigenvalue weighted by Crippen LogP contribution is -2.25. The fourth-order valence-corrected chi connectivity index (χ4v) is 3.52. The van der Waals surface area contributed by atoms with E-state index in [1.165, 1.54) is 56.1 Å². The zero-order chi connectivity index (χ0) is 13.1. The van der Waals surface area contributed by atoms with E-state index in [0.717, 1.165) is 12.3 Å². The molecule has 1 atom stereocenters. The average Bonchev–Trinajstić information content (AvgIpc) is 2.92. The Morgan fingerprint density at radius 1 is 1.16 bits per heavy atom. The van der Waals surface area contributed by atoms with Gasteiger partial charge in [-0.05, 0) is 74.8 Å². The fraction of sp³-hybridized carbons (Fsp3) is 0.647. The molecule has 0 bridgehead atoms. The van der Waals surface area contributed by atoms with Gasteiger partial charge in [-0.1, -0.05) is 13.0 Å². The number of rotatable bonds is 4. The molecule has 0 radical (unpaired) electrons. The van der Waals surface area contributed by atoms with Gasteiger partial charge in [0.15, 0.2) is 0 Å². The van der Waals surface area contributed by atoms with E-state index in [1.54, 1.807) is 0 Å². The van der Waals surface area contributed by atoms with Crippen molar-refractivity contribution in [2.45, 2.75) is 64.0 Å². The molecule has 0 spiro atoms. The van der Waals surface area contributed by atoms with E-state index in [1.807, 2.05) is 0 Å². The monoisotopic (exact) mass is 259 g/mol. The molecule has 0 amide bonds. The Bertz CT molecular complexity index is 423. The molecule has 1 saturated carbocycles. The minimum Gasteiger partial charge on any atom is -0.490 e. The maximum Gasteiger partial charge on any atom is 0.120 e. The van der Waals surface area contributed by atoms with Gasteiger partial charge in [-0.2, -0.15) is 0 Å². The summed E-state index contributed by atoms with van der Waals surface area (Å²) in [6.45, 7) is 3.23. The summed E-state index contributed by atoms with van der Waals surface area (Å²) in [5.74, 6) is 1.09. The first kappa shape index (κ1) is 13.0. The third-order valence-electron chi connectivity index (χ3n) is 4.48. The third-order valence-corrected chi connectivity index (χ3v) is 4.48. The average molecular weight is 259 g/mol. The Morgan fingerprint density at radius 2 is 2.00 bits per heavy atom. The Hall–Kier alpha value is -1.02. The molecule has 0 aromatic heterocycles. The van der Waals surface area contributed by atoms with Crippen LogP contribution >= 0.6 is 0 Å². The number of hydrogen-bond donors (Lipinski definition) is 1.